The molecule has 0 saturated heterocycles. The number of pyridine rings is 3. The zero-order valence-corrected chi connectivity index (χ0v) is 61.6. The third-order valence-electron chi connectivity index (χ3n) is 18.4. The largest absolute Gasteiger partial charge is 0.472 e. The van der Waals surface area contributed by atoms with E-state index in [1.165, 1.54) is 85.5 Å². The van der Waals surface area contributed by atoms with E-state index in [2.05, 4.69) is 83.2 Å². The number of halogens is 9. The minimum absolute atomic E-state index is 0.174. The second-order valence-corrected chi connectivity index (χ2v) is 26.9. The minimum atomic E-state index is -4.48. The van der Waals surface area contributed by atoms with E-state index < -0.39 is 35.6 Å². The Hall–Kier alpha value is -14.0. The maximum Gasteiger partial charge on any atom is 0.433 e. The highest BCUT2D eigenvalue weighted by atomic mass is 19.4. The van der Waals surface area contributed by atoms with Crippen LogP contribution in [-0.2, 0) is 44.7 Å². The van der Waals surface area contributed by atoms with E-state index in [-0.39, 0.29) is 23.6 Å². The fourth-order valence-corrected chi connectivity index (χ4v) is 12.6. The number of aromatic nitrogens is 8. The molecule has 0 aliphatic carbocycles. The molecule has 5 aromatic carbocycles. The molecule has 20 nitrogen and oxygen atoms in total. The van der Waals surface area contributed by atoms with Crippen LogP contribution in [0.5, 0.6) is 0 Å². The fraction of sp³-hybridized carbons (Fsp3) is 0.153. The number of rotatable bonds is 16. The van der Waals surface area contributed by atoms with Gasteiger partial charge in [-0.1, -0.05) is 106 Å². The summed E-state index contributed by atoms with van der Waals surface area (Å²) < 4.78 is 142. The summed E-state index contributed by atoms with van der Waals surface area (Å²) in [5.41, 5.74) is 12.9. The van der Waals surface area contributed by atoms with Crippen LogP contribution in [0.25, 0.3) is 43.6 Å². The van der Waals surface area contributed by atoms with E-state index in [4.69, 9.17) is 17.8 Å². The van der Waals surface area contributed by atoms with Gasteiger partial charge >= 0.3 is 18.5 Å². The SMILES string of the molecule is Cc1ccc(Cn2cc(NC(=O)c3ccoc3)c3ccccc32)cc1.Cc1ccc2c(c1)c(NC(=O)c1ccoc1)cn2Cc1ccc(C(F)(F)F)nc1.Cc1ccc2c(c1)c(NC(=O)c1ccoc1C)cn2Cc1ccc(C(F)(F)F)nc1.Cc1ccc2c(c1)c(NC(=O)c1conc1C)cn2Cc1ccc(C(F)(F)F)nc1. The molecule has 0 bridgehead atoms. The molecule has 0 spiro atoms. The Balaban J connectivity index is 0.000000133. The van der Waals surface area contributed by atoms with Crippen molar-refractivity contribution in [2.75, 3.05) is 21.3 Å². The first-order valence-electron chi connectivity index (χ1n) is 35.2. The molecule has 11 aromatic heterocycles. The molecule has 0 saturated carbocycles. The van der Waals surface area contributed by atoms with Crippen LogP contribution < -0.4 is 21.3 Å². The number of fused-ring (bicyclic) bond motifs is 4. The van der Waals surface area contributed by atoms with E-state index in [1.807, 2.05) is 113 Å². The van der Waals surface area contributed by atoms with E-state index >= 15 is 0 Å². The summed E-state index contributed by atoms with van der Waals surface area (Å²) >= 11 is 0. The van der Waals surface area contributed by atoms with Crippen molar-refractivity contribution < 1.29 is 76.5 Å². The van der Waals surface area contributed by atoms with Gasteiger partial charge in [-0.25, -0.2) is 0 Å². The molecule has 29 heteroatoms. The Morgan fingerprint density at radius 2 is 0.728 bits per heavy atom. The van der Waals surface area contributed by atoms with E-state index in [0.717, 1.165) is 90.7 Å². The average molecular weight is 1560 g/mol. The maximum atomic E-state index is 12.7. The molecule has 580 valence electrons. The van der Waals surface area contributed by atoms with Crippen molar-refractivity contribution in [2.24, 2.45) is 0 Å². The predicted molar refractivity (Wildman–Crippen MR) is 411 cm³/mol. The van der Waals surface area contributed by atoms with Crippen LogP contribution in [0.15, 0.2) is 256 Å². The van der Waals surface area contributed by atoms with Crippen LogP contribution in [0.3, 0.4) is 0 Å². The van der Waals surface area contributed by atoms with Crippen molar-refractivity contribution >= 4 is 90.0 Å². The monoisotopic (exact) mass is 1560 g/mol. The number of alkyl halides is 9. The first-order valence-corrected chi connectivity index (χ1v) is 35.2. The second kappa shape index (κ2) is 32.9. The Morgan fingerprint density at radius 3 is 1.08 bits per heavy atom. The number of aryl methyl sites for hydroxylation is 6. The smallest absolute Gasteiger partial charge is 0.433 e. The van der Waals surface area contributed by atoms with Gasteiger partial charge < -0.3 is 57.3 Å². The molecule has 16 aromatic rings. The molecular weight excluding hydrogens is 1490 g/mol. The van der Waals surface area contributed by atoms with Crippen molar-refractivity contribution in [3.05, 3.63) is 334 Å². The molecule has 4 amide bonds. The number of amides is 4. The second-order valence-electron chi connectivity index (χ2n) is 26.9. The zero-order valence-electron chi connectivity index (χ0n) is 61.6. The number of anilines is 4. The van der Waals surface area contributed by atoms with Crippen molar-refractivity contribution in [1.82, 2.24) is 38.4 Å². The highest BCUT2D eigenvalue weighted by molar-refractivity contribution is 6.12. The first-order chi connectivity index (χ1) is 54.5. The van der Waals surface area contributed by atoms with E-state index in [0.29, 0.717) is 87.1 Å². The first kappa shape index (κ1) is 78.1. The van der Waals surface area contributed by atoms with Gasteiger partial charge in [-0.2, -0.15) is 39.5 Å². The van der Waals surface area contributed by atoms with Crippen LogP contribution in [0.2, 0.25) is 0 Å². The van der Waals surface area contributed by atoms with Gasteiger partial charge in [0.2, 0.25) is 0 Å². The van der Waals surface area contributed by atoms with Gasteiger partial charge in [0.25, 0.3) is 23.6 Å². The van der Waals surface area contributed by atoms with Crippen LogP contribution in [0, 0.1) is 41.5 Å². The van der Waals surface area contributed by atoms with Gasteiger partial charge in [-0.05, 0) is 143 Å². The van der Waals surface area contributed by atoms with Crippen molar-refractivity contribution in [3.63, 3.8) is 0 Å². The Morgan fingerprint density at radius 1 is 0.368 bits per heavy atom. The zero-order chi connectivity index (χ0) is 80.8. The van der Waals surface area contributed by atoms with Gasteiger partial charge in [-0.3, -0.25) is 34.1 Å². The predicted octanol–water partition coefficient (Wildman–Crippen LogP) is 20.6. The van der Waals surface area contributed by atoms with Gasteiger partial charge in [0, 0.05) is 91.1 Å². The van der Waals surface area contributed by atoms with Crippen LogP contribution in [-0.4, -0.2) is 62.0 Å². The van der Waals surface area contributed by atoms with Gasteiger partial charge in [0.1, 0.15) is 47.2 Å². The number of benzene rings is 5. The topological polar surface area (TPSA) is 240 Å². The molecule has 0 fully saturated rings. The average Bonchev–Trinajstić information content (AvgIpc) is 1.65. The Labute approximate surface area is 643 Å². The number of para-hydroxylation sites is 1. The highest BCUT2D eigenvalue weighted by Gasteiger charge is 2.34. The van der Waals surface area contributed by atoms with Gasteiger partial charge in [0.15, 0.2) is 0 Å². The third-order valence-corrected chi connectivity index (χ3v) is 18.4. The minimum Gasteiger partial charge on any atom is -0.472 e. The summed E-state index contributed by atoms with van der Waals surface area (Å²) in [6, 6.07) is 45.9. The summed E-state index contributed by atoms with van der Waals surface area (Å²) in [4.78, 5) is 60.5. The Kier molecular flexibility index (Phi) is 22.6. The fourth-order valence-electron chi connectivity index (χ4n) is 12.6. The number of nitrogens with zero attached hydrogens (tertiary/aromatic N) is 8. The molecule has 4 N–H and O–H groups in total. The van der Waals surface area contributed by atoms with E-state index in [9.17, 15) is 58.7 Å². The molecule has 0 unspecified atom stereocenters. The number of hydrogen-bond acceptors (Lipinski definition) is 12. The number of carbonyl (C=O) groups excluding carboxylic acids is 4. The maximum absolute atomic E-state index is 12.7. The molecular formula is C85H69F9N12O8. The summed E-state index contributed by atoms with van der Waals surface area (Å²) in [7, 11) is 0. The van der Waals surface area contributed by atoms with E-state index in [1.54, 1.807) is 50.6 Å². The summed E-state index contributed by atoms with van der Waals surface area (Å²) in [5.74, 6) is -0.616. The summed E-state index contributed by atoms with van der Waals surface area (Å²) in [6.45, 7) is 13.0. The molecule has 0 atom stereocenters. The molecule has 0 radical (unpaired) electrons. The van der Waals surface area contributed by atoms with Gasteiger partial charge in [-0.15, -0.1) is 0 Å². The molecule has 0 aliphatic heterocycles. The quantitative estimate of drug-likeness (QED) is 0.0661. The van der Waals surface area contributed by atoms with Crippen LogP contribution >= 0.6 is 0 Å². The standard InChI is InChI=1S/C22H18F3N3O2.C21H17F3N4O2.C21H16F3N3O2.C21H18N2O2/c1-13-3-5-19-17(9-13)18(27-21(29)16-7-8-30-14(16)2)12-28(19)11-15-4-6-20(26-10-15)22(23,24)25;1-12-3-5-18-15(7-12)17(26-20(29)16-11-30-27-13(16)2)10-28(18)9-14-4-6-19(25-8-14)21(22,23)24;1-13-2-4-18-16(8-13)17(26-20(28)15-6-7-29-12-15)11-27(18)10-14-3-5-19(25-9-14)21(22,23)24;1-15-6-8-16(9-7-15)12-23-13-19(18-4-2-3-5-20(18)23)22-21(24)17-10-11-25-14-17/h3-10,12H,11H2,1-2H3,(H,27,29);3-8,10-11H,9H2,1-2H3,(H,26,29);2-9,11-12H,10H2,1H3,(H,26,28);2-11,13-14H,12H2,1H3,(H,22,24). The van der Waals surface area contributed by atoms with Crippen molar-refractivity contribution in [2.45, 2.75) is 86.3 Å². The summed E-state index contributed by atoms with van der Waals surface area (Å²) in [6.07, 6.45) is 5.94. The van der Waals surface area contributed by atoms with Gasteiger partial charge in [0.05, 0.1) is 86.0 Å². The number of nitrogens with one attached hydrogen (secondary N) is 4. The Bertz CT molecular complexity index is 5920. The van der Waals surface area contributed by atoms with Crippen LogP contribution in [0.4, 0.5) is 62.3 Å². The highest BCUT2D eigenvalue weighted by Crippen LogP contribution is 2.36. The van der Waals surface area contributed by atoms with Crippen molar-refractivity contribution in [1.29, 1.82) is 0 Å². The van der Waals surface area contributed by atoms with Crippen molar-refractivity contribution in [3.8, 4) is 0 Å². The lowest BCUT2D eigenvalue weighted by Gasteiger charge is -2.08. The lowest BCUT2D eigenvalue weighted by Crippen LogP contribution is -2.12. The molecule has 16 rings (SSSR count). The molecule has 0 aliphatic rings. The van der Waals surface area contributed by atoms with Crippen LogP contribution in [0.1, 0.15) is 114 Å². The third kappa shape index (κ3) is 18.4. The normalized spacial score (nSPS) is 11.6. The lowest BCUT2D eigenvalue weighted by molar-refractivity contribution is -0.142. The molecule has 11 heterocycles. The number of hydrogen-bond donors (Lipinski definition) is 4. The summed E-state index contributed by atoms with van der Waals surface area (Å²) in [5, 5.41) is 18.8. The lowest BCUT2D eigenvalue weighted by atomic mass is 10.1. The number of carbonyl (C=O) groups is 4. The number of furan rings is 3. The molecule has 114 heavy (non-hydrogen) atoms.